The summed E-state index contributed by atoms with van der Waals surface area (Å²) < 4.78 is 6.05. The Hall–Kier alpha value is -4.47. The lowest BCUT2D eigenvalue weighted by molar-refractivity contribution is -0.140. The molecule has 2 aliphatic heterocycles. The SMILES string of the molecule is CCCC(C)C(=O)N1CCC[C@H]1C(=O)Nc1ccc(-c2cnc(-c3ccc(NC(=O)[C@@H]4CCCN4C(=O)C(C)CCC)cc3)o2)cc1. The van der Waals surface area contributed by atoms with Crippen LogP contribution in [-0.4, -0.2) is 63.6 Å². The Morgan fingerprint density at radius 1 is 0.745 bits per heavy atom. The quantitative estimate of drug-likeness (QED) is 0.226. The fourth-order valence-corrected chi connectivity index (χ4v) is 6.69. The summed E-state index contributed by atoms with van der Waals surface area (Å²) in [5, 5.41) is 5.95. The zero-order valence-corrected chi connectivity index (χ0v) is 28.0. The summed E-state index contributed by atoms with van der Waals surface area (Å²) in [6.07, 6.45) is 8.15. The predicted octanol–water partition coefficient (Wildman–Crippen LogP) is 6.74. The molecule has 1 aromatic heterocycles. The molecule has 3 aromatic rings. The Labute approximate surface area is 277 Å². The zero-order valence-electron chi connectivity index (χ0n) is 28.0. The summed E-state index contributed by atoms with van der Waals surface area (Å²) in [5.74, 6) is 0.643. The number of carbonyl (C=O) groups is 4. The molecule has 2 aliphatic rings. The molecule has 0 spiro atoms. The number of hydrogen-bond donors (Lipinski definition) is 2. The number of benzene rings is 2. The molecule has 2 N–H and O–H groups in total. The van der Waals surface area contributed by atoms with Crippen molar-refractivity contribution in [2.45, 2.75) is 91.1 Å². The van der Waals surface area contributed by atoms with Gasteiger partial charge in [-0.25, -0.2) is 4.98 Å². The molecule has 3 heterocycles. The topological polar surface area (TPSA) is 125 Å². The van der Waals surface area contributed by atoms with Crippen LogP contribution >= 0.6 is 0 Å². The van der Waals surface area contributed by atoms with E-state index in [0.717, 1.165) is 49.7 Å². The van der Waals surface area contributed by atoms with Crippen LogP contribution in [0.3, 0.4) is 0 Å². The lowest BCUT2D eigenvalue weighted by atomic mass is 10.0. The maximum absolute atomic E-state index is 13.1. The first kappa shape index (κ1) is 33.9. The maximum Gasteiger partial charge on any atom is 0.247 e. The van der Waals surface area contributed by atoms with E-state index < -0.39 is 12.1 Å². The van der Waals surface area contributed by atoms with Crippen molar-refractivity contribution < 1.29 is 23.6 Å². The van der Waals surface area contributed by atoms with Crippen LogP contribution in [0.4, 0.5) is 11.4 Å². The molecule has 2 fully saturated rings. The van der Waals surface area contributed by atoms with Gasteiger partial charge < -0.3 is 24.9 Å². The van der Waals surface area contributed by atoms with E-state index in [1.165, 1.54) is 0 Å². The monoisotopic (exact) mass is 641 g/mol. The fourth-order valence-electron chi connectivity index (χ4n) is 6.69. The molecular formula is C37H47N5O5. The molecule has 4 amide bonds. The molecule has 2 unspecified atom stereocenters. The van der Waals surface area contributed by atoms with Gasteiger partial charge in [-0.3, -0.25) is 19.2 Å². The van der Waals surface area contributed by atoms with E-state index in [0.29, 0.717) is 49.0 Å². The number of amides is 4. The number of nitrogens with one attached hydrogen (secondary N) is 2. The van der Waals surface area contributed by atoms with Crippen LogP contribution in [0.2, 0.25) is 0 Å². The standard InChI is InChI=1S/C37H47N5O5/c1-5-9-24(3)36(45)41-21-7-11-30(41)33(43)39-28-17-13-26(14-18-28)32-23-38-35(47-32)27-15-19-29(20-16-27)40-34(44)31-12-8-22-42(31)37(46)25(4)10-6-2/h13-20,23-25,30-31H,5-12,21-22H2,1-4H3,(H,39,43)(H,40,44)/t24?,25?,30-,31-/m0/s1. The second-order valence-corrected chi connectivity index (χ2v) is 12.9. The van der Waals surface area contributed by atoms with Gasteiger partial charge in [-0.2, -0.15) is 0 Å². The summed E-state index contributed by atoms with van der Waals surface area (Å²) in [5.41, 5.74) is 2.86. The maximum atomic E-state index is 13.1. The van der Waals surface area contributed by atoms with Crippen LogP contribution in [0.5, 0.6) is 0 Å². The van der Waals surface area contributed by atoms with Crippen molar-refractivity contribution in [2.75, 3.05) is 23.7 Å². The largest absolute Gasteiger partial charge is 0.436 e. The summed E-state index contributed by atoms with van der Waals surface area (Å²) >= 11 is 0. The summed E-state index contributed by atoms with van der Waals surface area (Å²) in [4.78, 5) is 59.9. The molecule has 47 heavy (non-hydrogen) atoms. The average molecular weight is 642 g/mol. The molecule has 5 rings (SSSR count). The van der Waals surface area contributed by atoms with E-state index in [1.807, 2.05) is 50.2 Å². The van der Waals surface area contributed by atoms with Crippen molar-refractivity contribution in [3.63, 3.8) is 0 Å². The first-order valence-corrected chi connectivity index (χ1v) is 17.1. The van der Waals surface area contributed by atoms with Crippen molar-refractivity contribution >= 4 is 35.0 Å². The Morgan fingerprint density at radius 3 is 1.64 bits per heavy atom. The van der Waals surface area contributed by atoms with Crippen molar-refractivity contribution in [2.24, 2.45) is 11.8 Å². The van der Waals surface area contributed by atoms with E-state index in [-0.39, 0.29) is 35.5 Å². The van der Waals surface area contributed by atoms with Gasteiger partial charge in [0.25, 0.3) is 0 Å². The lowest BCUT2D eigenvalue weighted by Crippen LogP contribution is -2.45. The number of aromatic nitrogens is 1. The lowest BCUT2D eigenvalue weighted by Gasteiger charge is -2.26. The van der Waals surface area contributed by atoms with Crippen LogP contribution in [0, 0.1) is 11.8 Å². The van der Waals surface area contributed by atoms with Gasteiger partial charge in [-0.1, -0.05) is 40.5 Å². The highest BCUT2D eigenvalue weighted by atomic mass is 16.4. The Balaban J connectivity index is 1.17. The molecule has 10 nitrogen and oxygen atoms in total. The summed E-state index contributed by atoms with van der Waals surface area (Å²) in [6.45, 7) is 9.24. The minimum Gasteiger partial charge on any atom is -0.436 e. The first-order valence-electron chi connectivity index (χ1n) is 17.1. The first-order chi connectivity index (χ1) is 22.7. The van der Waals surface area contributed by atoms with Gasteiger partial charge >= 0.3 is 0 Å². The van der Waals surface area contributed by atoms with Crippen LogP contribution in [0.25, 0.3) is 22.8 Å². The van der Waals surface area contributed by atoms with Gasteiger partial charge in [0, 0.05) is 47.4 Å². The number of carbonyl (C=O) groups excluding carboxylic acids is 4. The van der Waals surface area contributed by atoms with Crippen LogP contribution < -0.4 is 10.6 Å². The third-order valence-electron chi connectivity index (χ3n) is 9.31. The highest BCUT2D eigenvalue weighted by molar-refractivity contribution is 5.98. The van der Waals surface area contributed by atoms with Crippen molar-refractivity contribution in [3.8, 4) is 22.8 Å². The molecule has 4 atom stereocenters. The van der Waals surface area contributed by atoms with Gasteiger partial charge in [-0.15, -0.1) is 0 Å². The molecular weight excluding hydrogens is 594 g/mol. The van der Waals surface area contributed by atoms with E-state index in [9.17, 15) is 19.2 Å². The molecule has 2 saturated heterocycles. The van der Waals surface area contributed by atoms with Crippen LogP contribution in [0.15, 0.2) is 59.1 Å². The molecule has 0 radical (unpaired) electrons. The number of hydrogen-bond acceptors (Lipinski definition) is 6. The number of anilines is 2. The van der Waals surface area contributed by atoms with E-state index in [2.05, 4.69) is 29.5 Å². The van der Waals surface area contributed by atoms with Gasteiger partial charge in [0.1, 0.15) is 12.1 Å². The van der Waals surface area contributed by atoms with Gasteiger partial charge in [0.15, 0.2) is 5.76 Å². The Bertz CT molecular complexity index is 1440. The van der Waals surface area contributed by atoms with Crippen LogP contribution in [-0.2, 0) is 19.2 Å². The highest BCUT2D eigenvalue weighted by Crippen LogP contribution is 2.29. The summed E-state index contributed by atoms with van der Waals surface area (Å²) in [6, 6.07) is 13.7. The smallest absolute Gasteiger partial charge is 0.247 e. The third kappa shape index (κ3) is 7.92. The minimum atomic E-state index is -0.448. The fraction of sp³-hybridized carbons (Fsp3) is 0.486. The highest BCUT2D eigenvalue weighted by Gasteiger charge is 2.37. The van der Waals surface area contributed by atoms with E-state index in [4.69, 9.17) is 4.42 Å². The van der Waals surface area contributed by atoms with Gasteiger partial charge in [0.2, 0.25) is 29.5 Å². The number of nitrogens with zero attached hydrogens (tertiary/aromatic N) is 3. The average Bonchev–Trinajstić information content (AvgIpc) is 3.86. The second kappa shape index (κ2) is 15.4. The Morgan fingerprint density at radius 2 is 1.19 bits per heavy atom. The van der Waals surface area contributed by atoms with Crippen molar-refractivity contribution in [3.05, 3.63) is 54.7 Å². The van der Waals surface area contributed by atoms with Crippen molar-refractivity contribution in [1.29, 1.82) is 0 Å². The second-order valence-electron chi connectivity index (χ2n) is 12.9. The number of likely N-dealkylation sites (tertiary alicyclic amines) is 2. The van der Waals surface area contributed by atoms with Crippen molar-refractivity contribution in [1.82, 2.24) is 14.8 Å². The Kier molecular flexibility index (Phi) is 11.1. The van der Waals surface area contributed by atoms with Gasteiger partial charge in [0.05, 0.1) is 6.20 Å². The molecule has 250 valence electrons. The van der Waals surface area contributed by atoms with E-state index in [1.54, 1.807) is 28.1 Å². The van der Waals surface area contributed by atoms with Crippen LogP contribution in [0.1, 0.15) is 79.1 Å². The number of rotatable bonds is 12. The summed E-state index contributed by atoms with van der Waals surface area (Å²) in [7, 11) is 0. The van der Waals surface area contributed by atoms with Gasteiger partial charge in [-0.05, 0) is 87.1 Å². The molecule has 0 aliphatic carbocycles. The minimum absolute atomic E-state index is 0.0555. The molecule has 0 saturated carbocycles. The normalized spacial score (nSPS) is 19.0. The molecule has 10 heteroatoms. The third-order valence-corrected chi connectivity index (χ3v) is 9.31. The zero-order chi connectivity index (χ0) is 33.5. The molecule has 2 aromatic carbocycles. The molecule has 0 bridgehead atoms. The van der Waals surface area contributed by atoms with E-state index >= 15 is 0 Å². The predicted molar refractivity (Wildman–Crippen MR) is 182 cm³/mol. The number of oxazole rings is 1.